The van der Waals surface area contributed by atoms with E-state index in [4.69, 9.17) is 18.9 Å². The number of likely N-dealkylation sites (tertiary alicyclic amines) is 2. The summed E-state index contributed by atoms with van der Waals surface area (Å²) < 4.78 is 44.6. The third kappa shape index (κ3) is 33.6. The fraction of sp³-hybridized carbons (Fsp3) is 0.859. The number of sulfonamides is 1. The Labute approximate surface area is 611 Å². The van der Waals surface area contributed by atoms with Crippen LogP contribution in [0.25, 0.3) is 0 Å². The number of ether oxygens (including phenoxy) is 4. The summed E-state index contributed by atoms with van der Waals surface area (Å²) in [6.07, 6.45) is 8.58. The van der Waals surface area contributed by atoms with Gasteiger partial charge in [-0.2, -0.15) is 4.31 Å². The molecular formula is C78H149N11O10S. The van der Waals surface area contributed by atoms with Gasteiger partial charge in [-0.25, -0.2) is 23.0 Å². The lowest BCUT2D eigenvalue weighted by Crippen LogP contribution is -2.54. The number of hydrogen-bond donors (Lipinski definition) is 1. The van der Waals surface area contributed by atoms with E-state index in [0.29, 0.717) is 61.5 Å². The highest BCUT2D eigenvalue weighted by atomic mass is 32.2. The molecule has 8 fully saturated rings. The number of rotatable bonds is 3. The number of nitrogens with zero attached hydrogens (tertiary/aromatic N) is 10. The molecule has 0 radical (unpaired) electrons. The lowest BCUT2D eigenvalue weighted by molar-refractivity contribution is -0.135. The minimum atomic E-state index is -2.99. The van der Waals surface area contributed by atoms with Crippen molar-refractivity contribution in [1.82, 2.24) is 53.8 Å². The zero-order chi connectivity index (χ0) is 77.2. The maximum absolute atomic E-state index is 11.8. The lowest BCUT2D eigenvalue weighted by Gasteiger charge is -2.43. The van der Waals surface area contributed by atoms with E-state index >= 15 is 0 Å². The molecule has 4 amide bonds. The van der Waals surface area contributed by atoms with Crippen molar-refractivity contribution in [1.29, 1.82) is 0 Å². The van der Waals surface area contributed by atoms with Crippen LogP contribution in [-0.4, -0.2) is 264 Å². The van der Waals surface area contributed by atoms with E-state index in [1.807, 2.05) is 52.8 Å². The molecule has 7 saturated heterocycles. The van der Waals surface area contributed by atoms with Crippen molar-refractivity contribution in [3.05, 3.63) is 36.2 Å². The smallest absolute Gasteiger partial charge is 0.410 e. The number of piperazine rings is 3. The molecule has 582 valence electrons. The molecule has 22 heteroatoms. The van der Waals surface area contributed by atoms with Crippen LogP contribution in [-0.2, 0) is 39.2 Å². The number of carbonyl (C=O) groups is 4. The molecule has 21 nitrogen and oxygen atoms in total. The Hall–Kier alpha value is -4.32. The zero-order valence-corrected chi connectivity index (χ0v) is 70.3. The number of methoxy groups -OCH3 is 2. The third-order valence-corrected chi connectivity index (χ3v) is 20.6. The van der Waals surface area contributed by atoms with Crippen molar-refractivity contribution in [2.75, 3.05) is 132 Å². The van der Waals surface area contributed by atoms with Crippen LogP contribution in [0.2, 0.25) is 0 Å². The summed E-state index contributed by atoms with van der Waals surface area (Å²) in [5.74, 6) is 2.34. The number of cyclic esters (lactones) is 1. The van der Waals surface area contributed by atoms with Gasteiger partial charge in [-0.15, -0.1) is 0 Å². The monoisotopic (exact) mass is 1430 g/mol. The van der Waals surface area contributed by atoms with E-state index < -0.39 is 10.0 Å². The van der Waals surface area contributed by atoms with Gasteiger partial charge in [-0.3, -0.25) is 34.1 Å². The molecular weight excluding hydrogens is 1280 g/mol. The molecule has 0 bridgehead atoms. The Kier molecular flexibility index (Phi) is 35.0. The Balaban J connectivity index is 0.000000390. The number of hydrogen-bond acceptors (Lipinski definition) is 16. The predicted octanol–water partition coefficient (Wildman–Crippen LogP) is 13.1. The lowest BCUT2D eigenvalue weighted by atomic mass is 9.75. The molecule has 9 rings (SSSR count). The van der Waals surface area contributed by atoms with Gasteiger partial charge in [0.15, 0.2) is 0 Å². The molecule has 1 aromatic rings. The molecule has 0 spiro atoms. The standard InChI is InChI=1S/C12H22N2O.C11H21NO2.C10H21NO.C10H15NO.C9H20N2O2S.C9H17NO2.C9H17N.C8H16N2O/c1-12(2,3)14-8-6-13(7-9-14)11(15)10-4-5-10;1-11(2,3)9-5-7-12(8-6-9)10(13)14-4;1-8-6-11(10(3,4)5)7-9(2)12-8;1-10(2,3)8-6-5-7-9(11-8)12-4;1-9(2,3)10-5-7-11(8-6-10)14(4,12)13;1-8(2,3)10-6-9(4,5)12-7(10)11;1-8-6-5-7-10(8)9(2,3)4;1-8(2,3)10-5-4-9-7(11)6-10/h10H,4-9H2,1-3H3;9H,5-8H2,1-4H3;8-9H,6-7H2,1-5H3;5-7H,1-4H3;5-8H2,1-4H3;6H2,1-5H3;1,5-7H2,2-4H3;4-6H2,1-3H3,(H,9,11)/t;;8-,9+;;;;;. The zero-order valence-electron chi connectivity index (χ0n) is 69.5. The molecule has 1 aromatic heterocycles. The first-order chi connectivity index (χ1) is 45.3. The van der Waals surface area contributed by atoms with Crippen molar-refractivity contribution < 1.29 is 46.5 Å². The largest absolute Gasteiger partial charge is 0.481 e. The molecule has 8 heterocycles. The van der Waals surface area contributed by atoms with Crippen LogP contribution in [0.3, 0.4) is 0 Å². The third-order valence-electron chi connectivity index (χ3n) is 19.3. The van der Waals surface area contributed by atoms with Crippen LogP contribution in [0.15, 0.2) is 30.5 Å². The van der Waals surface area contributed by atoms with Gasteiger partial charge < -0.3 is 39.0 Å². The van der Waals surface area contributed by atoms with Gasteiger partial charge in [0, 0.05) is 160 Å². The Morgan fingerprint density at radius 1 is 0.600 bits per heavy atom. The summed E-state index contributed by atoms with van der Waals surface area (Å²) in [6, 6.07) is 5.84. The first kappa shape index (κ1) is 91.8. The van der Waals surface area contributed by atoms with Crippen LogP contribution in [0.1, 0.15) is 238 Å². The maximum Gasteiger partial charge on any atom is 0.410 e. The molecule has 2 atom stereocenters. The molecule has 1 saturated carbocycles. The molecule has 7 aliphatic heterocycles. The number of carbonyl (C=O) groups excluding carboxylic acids is 4. The van der Waals surface area contributed by atoms with Gasteiger partial charge in [-0.1, -0.05) is 54.2 Å². The van der Waals surface area contributed by atoms with Crippen LogP contribution >= 0.6 is 0 Å². The quantitative estimate of drug-likeness (QED) is 0.300. The molecule has 100 heavy (non-hydrogen) atoms. The van der Waals surface area contributed by atoms with Crippen LogP contribution < -0.4 is 10.1 Å². The average molecular weight is 1430 g/mol. The summed E-state index contributed by atoms with van der Waals surface area (Å²) in [4.78, 5) is 67.2. The first-order valence-electron chi connectivity index (χ1n) is 37.3. The topological polar surface area (TPSA) is 193 Å². The second-order valence-electron chi connectivity index (χ2n) is 37.1. The van der Waals surface area contributed by atoms with Crippen LogP contribution in [0.4, 0.5) is 9.59 Å². The van der Waals surface area contributed by atoms with E-state index in [1.54, 1.807) is 21.2 Å². The van der Waals surface area contributed by atoms with E-state index in [2.05, 4.69) is 206 Å². The van der Waals surface area contributed by atoms with Gasteiger partial charge in [0.25, 0.3) is 0 Å². The van der Waals surface area contributed by atoms with E-state index in [0.717, 1.165) is 116 Å². The summed E-state index contributed by atoms with van der Waals surface area (Å²) in [5.41, 5.74) is 3.44. The van der Waals surface area contributed by atoms with Gasteiger partial charge >= 0.3 is 12.2 Å². The number of aromatic nitrogens is 1. The molecule has 1 aliphatic carbocycles. The number of nitrogens with one attached hydrogen (secondary N) is 1. The normalized spacial score (nSPS) is 22.1. The minimum absolute atomic E-state index is 0.0918. The van der Waals surface area contributed by atoms with Crippen molar-refractivity contribution >= 4 is 34.0 Å². The molecule has 8 aliphatic rings. The Morgan fingerprint density at radius 2 is 1.07 bits per heavy atom. The van der Waals surface area contributed by atoms with Crippen molar-refractivity contribution in [2.24, 2.45) is 17.3 Å². The van der Waals surface area contributed by atoms with Gasteiger partial charge in [0.2, 0.25) is 27.7 Å². The SMILES string of the molecule is C=C1CCCN1C(C)(C)C.CC(C)(C)N1CCN(C(=O)C2CC2)CC1.CC(C)(C)N1CCN(S(C)(=O)=O)CC1.CC(C)(C)N1CCNC(=O)C1.CC1(C)CN(C(C)(C)C)C(=O)O1.COC(=O)N1CCC(C(C)(C)C)CC1.COc1cccc(C(C)(C)C)n1.C[C@@H]1CN(C(C)(C)C)C[C@H](C)O1. The minimum Gasteiger partial charge on any atom is -0.481 e. The summed E-state index contributed by atoms with van der Waals surface area (Å²) in [7, 11) is 0.0882. The number of amides is 4. The Morgan fingerprint density at radius 3 is 1.39 bits per heavy atom. The number of piperidine rings is 1. The highest BCUT2D eigenvalue weighted by molar-refractivity contribution is 7.88. The highest BCUT2D eigenvalue weighted by Crippen LogP contribution is 2.35. The number of pyridine rings is 1. The number of allylic oxidation sites excluding steroid dienone is 1. The first-order valence-corrected chi connectivity index (χ1v) is 39.1. The Bertz CT molecular complexity index is 2760. The van der Waals surface area contributed by atoms with Crippen LogP contribution in [0.5, 0.6) is 5.88 Å². The summed E-state index contributed by atoms with van der Waals surface area (Å²) in [6.45, 7) is 79.3. The molecule has 0 aromatic carbocycles. The van der Waals surface area contributed by atoms with Gasteiger partial charge in [0.05, 0.1) is 45.8 Å². The van der Waals surface area contributed by atoms with Crippen molar-refractivity contribution in [3.8, 4) is 5.88 Å². The molecule has 0 unspecified atom stereocenters. The van der Waals surface area contributed by atoms with E-state index in [9.17, 15) is 27.6 Å². The number of morpholine rings is 1. The second-order valence-corrected chi connectivity index (χ2v) is 39.1. The van der Waals surface area contributed by atoms with Crippen LogP contribution in [0, 0.1) is 17.3 Å². The van der Waals surface area contributed by atoms with Gasteiger partial charge in [-0.05, 0) is 208 Å². The van der Waals surface area contributed by atoms with Crippen molar-refractivity contribution in [2.45, 2.75) is 289 Å². The average Bonchev–Trinajstić information content (AvgIpc) is 1.61. The fourth-order valence-electron chi connectivity index (χ4n) is 12.6. The summed E-state index contributed by atoms with van der Waals surface area (Å²) >= 11 is 0. The summed E-state index contributed by atoms with van der Waals surface area (Å²) in [5, 5.41) is 2.80. The van der Waals surface area contributed by atoms with Gasteiger partial charge in [0.1, 0.15) is 5.60 Å². The fourth-order valence-corrected chi connectivity index (χ4v) is 13.5. The van der Waals surface area contributed by atoms with E-state index in [-0.39, 0.29) is 62.3 Å². The highest BCUT2D eigenvalue weighted by Gasteiger charge is 2.43. The maximum atomic E-state index is 11.8. The van der Waals surface area contributed by atoms with Crippen molar-refractivity contribution in [3.63, 3.8) is 0 Å². The predicted molar refractivity (Wildman–Crippen MR) is 412 cm³/mol. The van der Waals surface area contributed by atoms with E-state index in [1.165, 1.54) is 38.4 Å². The second kappa shape index (κ2) is 38.1. The molecule has 1 N–H and O–H groups in total.